The number of halogens is 1. The van der Waals surface area contributed by atoms with Crippen LogP contribution in [0.3, 0.4) is 0 Å². The number of likely N-dealkylation sites (tertiary alicyclic amines) is 1. The summed E-state index contributed by atoms with van der Waals surface area (Å²) in [6, 6.07) is 7.57. The summed E-state index contributed by atoms with van der Waals surface area (Å²) >= 11 is 0. The average Bonchev–Trinajstić information content (AvgIpc) is 3.10. The first-order chi connectivity index (χ1) is 12.0. The lowest BCUT2D eigenvalue weighted by atomic mass is 9.90. The molecule has 2 heterocycles. The lowest BCUT2D eigenvalue weighted by molar-refractivity contribution is -0.114. The number of anilines is 1. The second-order valence-corrected chi connectivity index (χ2v) is 6.54. The second-order valence-electron chi connectivity index (χ2n) is 6.54. The molecule has 1 aliphatic heterocycles. The summed E-state index contributed by atoms with van der Waals surface area (Å²) in [4.78, 5) is 26.0. The maximum absolute atomic E-state index is 13.8. The molecule has 25 heavy (non-hydrogen) atoms. The first-order valence-corrected chi connectivity index (χ1v) is 8.37. The summed E-state index contributed by atoms with van der Waals surface area (Å²) in [5, 5.41) is 2.41. The van der Waals surface area contributed by atoms with E-state index in [2.05, 4.69) is 12.2 Å². The van der Waals surface area contributed by atoms with E-state index in [1.54, 1.807) is 11.2 Å². The molecule has 0 spiro atoms. The van der Waals surface area contributed by atoms with Crippen LogP contribution in [0.15, 0.2) is 41.0 Å². The number of rotatable bonds is 3. The maximum Gasteiger partial charge on any atom is 0.254 e. The Morgan fingerprint density at radius 2 is 2.12 bits per heavy atom. The molecule has 1 saturated heterocycles. The van der Waals surface area contributed by atoms with E-state index in [-0.39, 0.29) is 23.5 Å². The number of hydrogen-bond acceptors (Lipinski definition) is 3. The highest BCUT2D eigenvalue weighted by Crippen LogP contribution is 2.35. The van der Waals surface area contributed by atoms with Crippen LogP contribution in [0.4, 0.5) is 10.1 Å². The third kappa shape index (κ3) is 3.73. The Labute approximate surface area is 145 Å². The number of benzene rings is 1. The van der Waals surface area contributed by atoms with Crippen molar-refractivity contribution in [2.24, 2.45) is 5.92 Å². The number of nitrogens with zero attached hydrogens (tertiary/aromatic N) is 1. The van der Waals surface area contributed by atoms with Gasteiger partial charge in [0.25, 0.3) is 5.91 Å². The molecule has 132 valence electrons. The number of furan rings is 1. The number of piperidine rings is 1. The number of nitrogens with one attached hydrogen (secondary N) is 1. The molecular weight excluding hydrogens is 323 g/mol. The summed E-state index contributed by atoms with van der Waals surface area (Å²) in [5.41, 5.74) is 0.356. The van der Waals surface area contributed by atoms with Gasteiger partial charge < -0.3 is 14.6 Å². The van der Waals surface area contributed by atoms with Gasteiger partial charge in [0.15, 0.2) is 0 Å². The molecule has 2 atom stereocenters. The molecule has 1 N–H and O–H groups in total. The standard InChI is InChI=1S/C19H21FN2O3/c1-12-7-8-22(17(10-12)18-4-3-9-25-18)19(24)14-5-6-15(20)16(11-14)21-13(2)23/h3-6,9,11-12,17H,7-8,10H2,1-2H3,(H,21,23)/t12-,17-/m0/s1. The summed E-state index contributed by atoms with van der Waals surface area (Å²) in [6.07, 6.45) is 3.33. The minimum atomic E-state index is -0.568. The lowest BCUT2D eigenvalue weighted by Gasteiger charge is -2.37. The Bertz CT molecular complexity index is 773. The largest absolute Gasteiger partial charge is 0.467 e. The number of amides is 2. The highest BCUT2D eigenvalue weighted by atomic mass is 19.1. The third-order valence-corrected chi connectivity index (χ3v) is 4.52. The predicted octanol–water partition coefficient (Wildman–Crippen LogP) is 3.99. The van der Waals surface area contributed by atoms with E-state index in [0.717, 1.165) is 18.6 Å². The SMILES string of the molecule is CC(=O)Nc1cc(C(=O)N2CC[C@H](C)C[C@H]2c2ccco2)ccc1F. The van der Waals surface area contributed by atoms with Crippen LogP contribution in [-0.4, -0.2) is 23.3 Å². The Balaban J connectivity index is 1.89. The van der Waals surface area contributed by atoms with E-state index >= 15 is 0 Å². The Hall–Kier alpha value is -2.63. The van der Waals surface area contributed by atoms with Crippen LogP contribution in [0.5, 0.6) is 0 Å². The minimum Gasteiger partial charge on any atom is -0.467 e. The summed E-state index contributed by atoms with van der Waals surface area (Å²) in [5.74, 6) is 0.0941. The molecule has 1 aromatic heterocycles. The van der Waals surface area contributed by atoms with Gasteiger partial charge in [-0.25, -0.2) is 4.39 Å². The van der Waals surface area contributed by atoms with Crippen molar-refractivity contribution in [3.05, 3.63) is 53.7 Å². The van der Waals surface area contributed by atoms with Crippen molar-refractivity contribution in [3.63, 3.8) is 0 Å². The molecule has 0 radical (unpaired) electrons. The Morgan fingerprint density at radius 1 is 1.32 bits per heavy atom. The lowest BCUT2D eigenvalue weighted by Crippen LogP contribution is -2.40. The van der Waals surface area contributed by atoms with Gasteiger partial charge in [-0.05, 0) is 49.1 Å². The first kappa shape index (κ1) is 17.2. The van der Waals surface area contributed by atoms with E-state index in [0.29, 0.717) is 18.0 Å². The van der Waals surface area contributed by atoms with Crippen LogP contribution in [0, 0.1) is 11.7 Å². The van der Waals surface area contributed by atoms with Crippen LogP contribution >= 0.6 is 0 Å². The van der Waals surface area contributed by atoms with Gasteiger partial charge in [0.2, 0.25) is 5.91 Å². The summed E-state index contributed by atoms with van der Waals surface area (Å²) < 4.78 is 19.4. The van der Waals surface area contributed by atoms with Crippen LogP contribution in [0.1, 0.15) is 48.8 Å². The topological polar surface area (TPSA) is 62.6 Å². The molecule has 0 saturated carbocycles. The van der Waals surface area contributed by atoms with Gasteiger partial charge in [-0.3, -0.25) is 9.59 Å². The van der Waals surface area contributed by atoms with Crippen molar-refractivity contribution in [2.75, 3.05) is 11.9 Å². The number of carbonyl (C=O) groups excluding carboxylic acids is 2. The van der Waals surface area contributed by atoms with Crippen molar-refractivity contribution in [1.29, 1.82) is 0 Å². The Kier molecular flexibility index (Phi) is 4.88. The molecule has 2 amide bonds. The van der Waals surface area contributed by atoms with E-state index in [4.69, 9.17) is 4.42 Å². The highest BCUT2D eigenvalue weighted by molar-refractivity contribution is 5.97. The van der Waals surface area contributed by atoms with E-state index < -0.39 is 5.82 Å². The molecular formula is C19H21FN2O3. The van der Waals surface area contributed by atoms with Crippen molar-refractivity contribution in [2.45, 2.75) is 32.7 Å². The normalized spacial score (nSPS) is 20.4. The fourth-order valence-corrected chi connectivity index (χ4v) is 3.24. The molecule has 1 aromatic carbocycles. The smallest absolute Gasteiger partial charge is 0.254 e. The Morgan fingerprint density at radius 3 is 2.80 bits per heavy atom. The average molecular weight is 344 g/mol. The van der Waals surface area contributed by atoms with Gasteiger partial charge in [-0.15, -0.1) is 0 Å². The predicted molar refractivity (Wildman–Crippen MR) is 91.6 cm³/mol. The molecule has 3 rings (SSSR count). The van der Waals surface area contributed by atoms with Crippen LogP contribution in [0.2, 0.25) is 0 Å². The van der Waals surface area contributed by atoms with E-state index in [1.807, 2.05) is 12.1 Å². The minimum absolute atomic E-state index is 0.0123. The van der Waals surface area contributed by atoms with Gasteiger partial charge in [-0.1, -0.05) is 6.92 Å². The van der Waals surface area contributed by atoms with Crippen LogP contribution < -0.4 is 5.32 Å². The second kappa shape index (κ2) is 7.09. The van der Waals surface area contributed by atoms with Crippen LogP contribution in [0.25, 0.3) is 0 Å². The summed E-state index contributed by atoms with van der Waals surface area (Å²) in [7, 11) is 0. The molecule has 2 aromatic rings. The molecule has 0 unspecified atom stereocenters. The van der Waals surface area contributed by atoms with E-state index in [9.17, 15) is 14.0 Å². The van der Waals surface area contributed by atoms with Crippen molar-refractivity contribution >= 4 is 17.5 Å². The first-order valence-electron chi connectivity index (χ1n) is 8.37. The molecule has 6 heteroatoms. The van der Waals surface area contributed by atoms with E-state index in [1.165, 1.54) is 25.1 Å². The third-order valence-electron chi connectivity index (χ3n) is 4.52. The van der Waals surface area contributed by atoms with Crippen molar-refractivity contribution in [3.8, 4) is 0 Å². The van der Waals surface area contributed by atoms with Crippen LogP contribution in [-0.2, 0) is 4.79 Å². The van der Waals surface area contributed by atoms with Gasteiger partial charge in [0.05, 0.1) is 18.0 Å². The number of hydrogen-bond donors (Lipinski definition) is 1. The monoisotopic (exact) mass is 344 g/mol. The molecule has 1 fully saturated rings. The molecule has 5 nitrogen and oxygen atoms in total. The molecule has 0 bridgehead atoms. The van der Waals surface area contributed by atoms with Gasteiger partial charge in [0.1, 0.15) is 11.6 Å². The fraction of sp³-hybridized carbons (Fsp3) is 0.368. The molecule has 0 aliphatic carbocycles. The zero-order chi connectivity index (χ0) is 18.0. The van der Waals surface area contributed by atoms with Gasteiger partial charge in [-0.2, -0.15) is 0 Å². The van der Waals surface area contributed by atoms with Gasteiger partial charge in [0, 0.05) is 19.0 Å². The van der Waals surface area contributed by atoms with Crippen molar-refractivity contribution in [1.82, 2.24) is 4.90 Å². The number of carbonyl (C=O) groups is 2. The zero-order valence-corrected chi connectivity index (χ0v) is 14.3. The maximum atomic E-state index is 13.8. The van der Waals surface area contributed by atoms with Gasteiger partial charge >= 0.3 is 0 Å². The fourth-order valence-electron chi connectivity index (χ4n) is 3.24. The molecule has 1 aliphatic rings. The zero-order valence-electron chi connectivity index (χ0n) is 14.3. The quantitative estimate of drug-likeness (QED) is 0.916. The highest BCUT2D eigenvalue weighted by Gasteiger charge is 2.33. The summed E-state index contributed by atoms with van der Waals surface area (Å²) in [6.45, 7) is 4.07. The van der Waals surface area contributed by atoms with Crippen molar-refractivity contribution < 1.29 is 18.4 Å².